The van der Waals surface area contributed by atoms with Crippen molar-refractivity contribution in [3.05, 3.63) is 63.9 Å². The minimum Gasteiger partial charge on any atom is -0.267 e. The molecular formula is C18H19BrFN3O3S. The van der Waals surface area contributed by atoms with Crippen LogP contribution in [0.5, 0.6) is 0 Å². The van der Waals surface area contributed by atoms with Gasteiger partial charge in [0.25, 0.3) is 5.91 Å². The molecule has 0 radical (unpaired) electrons. The summed E-state index contributed by atoms with van der Waals surface area (Å²) in [5.41, 5.74) is 2.60. The van der Waals surface area contributed by atoms with E-state index < -0.39 is 21.7 Å². The predicted molar refractivity (Wildman–Crippen MR) is 106 cm³/mol. The molecule has 2 aromatic rings. The van der Waals surface area contributed by atoms with Gasteiger partial charge in [-0.15, -0.1) is 0 Å². The molecule has 6 nitrogen and oxygen atoms in total. The molecule has 0 spiro atoms. The quantitative estimate of drug-likeness (QED) is 0.513. The summed E-state index contributed by atoms with van der Waals surface area (Å²) in [6, 6.07) is 10.0. The molecule has 0 aliphatic rings. The number of rotatable bonds is 7. The number of hydrazone groups is 1. The SMILES string of the molecule is CCN(CC)S(=O)(=O)c1cccc(C(=O)N/N=C/c2cc(Br)ccc2F)c1. The van der Waals surface area contributed by atoms with Gasteiger partial charge in [0, 0.05) is 28.7 Å². The van der Waals surface area contributed by atoms with Crippen LogP contribution < -0.4 is 5.43 Å². The average molecular weight is 456 g/mol. The molecule has 1 amide bonds. The minimum atomic E-state index is -3.67. The third kappa shape index (κ3) is 5.21. The molecule has 0 aromatic heterocycles. The zero-order valence-electron chi connectivity index (χ0n) is 14.8. The van der Waals surface area contributed by atoms with E-state index in [-0.39, 0.29) is 16.0 Å². The zero-order valence-corrected chi connectivity index (χ0v) is 17.2. The highest BCUT2D eigenvalue weighted by Gasteiger charge is 2.22. The van der Waals surface area contributed by atoms with Crippen LogP contribution in [0.25, 0.3) is 0 Å². The number of nitrogens with zero attached hydrogens (tertiary/aromatic N) is 2. The Morgan fingerprint density at radius 2 is 1.93 bits per heavy atom. The van der Waals surface area contributed by atoms with Crippen LogP contribution in [0.2, 0.25) is 0 Å². The lowest BCUT2D eigenvalue weighted by Gasteiger charge is -2.18. The molecule has 2 aromatic carbocycles. The van der Waals surface area contributed by atoms with Crippen LogP contribution in [0, 0.1) is 5.82 Å². The van der Waals surface area contributed by atoms with Crippen molar-refractivity contribution in [3.63, 3.8) is 0 Å². The van der Waals surface area contributed by atoms with E-state index in [1.807, 2.05) is 0 Å². The second-order valence-corrected chi connectivity index (χ2v) is 8.34. The summed E-state index contributed by atoms with van der Waals surface area (Å²) < 4.78 is 40.7. The van der Waals surface area contributed by atoms with E-state index in [2.05, 4.69) is 26.5 Å². The van der Waals surface area contributed by atoms with Gasteiger partial charge in [0.15, 0.2) is 0 Å². The summed E-state index contributed by atoms with van der Waals surface area (Å²) in [6.45, 7) is 4.15. The Morgan fingerprint density at radius 3 is 2.59 bits per heavy atom. The Bertz CT molecular complexity index is 960. The number of benzene rings is 2. The summed E-state index contributed by atoms with van der Waals surface area (Å²) in [4.78, 5) is 12.3. The van der Waals surface area contributed by atoms with Crippen LogP contribution in [0.1, 0.15) is 29.8 Å². The molecule has 0 heterocycles. The summed E-state index contributed by atoms with van der Waals surface area (Å²) in [7, 11) is -3.67. The van der Waals surface area contributed by atoms with Crippen molar-refractivity contribution in [3.8, 4) is 0 Å². The molecule has 2 rings (SSSR count). The van der Waals surface area contributed by atoms with Gasteiger partial charge in [-0.05, 0) is 36.4 Å². The summed E-state index contributed by atoms with van der Waals surface area (Å²) in [5, 5.41) is 3.73. The molecule has 0 saturated carbocycles. The van der Waals surface area contributed by atoms with E-state index in [4.69, 9.17) is 0 Å². The predicted octanol–water partition coefficient (Wildman–Crippen LogP) is 3.38. The van der Waals surface area contributed by atoms with Gasteiger partial charge in [-0.2, -0.15) is 9.41 Å². The molecule has 1 N–H and O–H groups in total. The minimum absolute atomic E-state index is 0.0286. The van der Waals surface area contributed by atoms with E-state index in [1.54, 1.807) is 19.9 Å². The van der Waals surface area contributed by atoms with Crippen molar-refractivity contribution >= 4 is 38.1 Å². The maximum Gasteiger partial charge on any atom is 0.271 e. The molecule has 9 heteroatoms. The van der Waals surface area contributed by atoms with Gasteiger partial charge in [0.1, 0.15) is 5.82 Å². The smallest absolute Gasteiger partial charge is 0.267 e. The molecule has 0 bridgehead atoms. The standard InChI is InChI=1S/C18H19BrFN3O3S/c1-3-23(4-2)27(25,26)16-7-5-6-13(11-16)18(24)22-21-12-14-10-15(19)8-9-17(14)20/h5-12H,3-4H2,1-2H3,(H,22,24)/b21-12+. The van der Waals surface area contributed by atoms with E-state index in [1.165, 1.54) is 46.9 Å². The highest BCUT2D eigenvalue weighted by molar-refractivity contribution is 9.10. The normalized spacial score (nSPS) is 11.9. The largest absolute Gasteiger partial charge is 0.271 e. The van der Waals surface area contributed by atoms with Gasteiger partial charge in [0.05, 0.1) is 11.1 Å². The summed E-state index contributed by atoms with van der Waals surface area (Å²) >= 11 is 3.23. The Labute approximate surface area is 166 Å². The van der Waals surface area contributed by atoms with Crippen LogP contribution in [0.15, 0.2) is 56.9 Å². The van der Waals surface area contributed by atoms with Crippen molar-refractivity contribution in [1.29, 1.82) is 0 Å². The Morgan fingerprint density at radius 1 is 1.22 bits per heavy atom. The van der Waals surface area contributed by atoms with Crippen molar-refractivity contribution < 1.29 is 17.6 Å². The third-order valence-electron chi connectivity index (χ3n) is 3.77. The highest BCUT2D eigenvalue weighted by Crippen LogP contribution is 2.17. The topological polar surface area (TPSA) is 78.8 Å². The lowest BCUT2D eigenvalue weighted by atomic mass is 10.2. The van der Waals surface area contributed by atoms with Crippen LogP contribution >= 0.6 is 15.9 Å². The van der Waals surface area contributed by atoms with Gasteiger partial charge >= 0.3 is 0 Å². The van der Waals surface area contributed by atoms with Gasteiger partial charge in [-0.1, -0.05) is 35.8 Å². The average Bonchev–Trinajstić information content (AvgIpc) is 2.65. The van der Waals surface area contributed by atoms with E-state index in [0.717, 1.165) is 0 Å². The maximum atomic E-state index is 13.6. The van der Waals surface area contributed by atoms with Crippen molar-refractivity contribution in [1.82, 2.24) is 9.73 Å². The van der Waals surface area contributed by atoms with Crippen LogP contribution in [0.3, 0.4) is 0 Å². The zero-order chi connectivity index (χ0) is 20.0. The summed E-state index contributed by atoms with van der Waals surface area (Å²) in [5.74, 6) is -1.08. The Balaban J connectivity index is 2.18. The lowest BCUT2D eigenvalue weighted by molar-refractivity contribution is 0.0955. The Kier molecular flexibility index (Phi) is 7.23. The number of nitrogens with one attached hydrogen (secondary N) is 1. The molecule has 0 aliphatic carbocycles. The molecule has 144 valence electrons. The molecule has 0 aliphatic heterocycles. The van der Waals surface area contributed by atoms with Crippen molar-refractivity contribution in [2.24, 2.45) is 5.10 Å². The molecule has 0 atom stereocenters. The molecule has 0 fully saturated rings. The monoisotopic (exact) mass is 455 g/mol. The second kappa shape index (κ2) is 9.20. The van der Waals surface area contributed by atoms with Crippen LogP contribution in [0.4, 0.5) is 4.39 Å². The first-order valence-electron chi connectivity index (χ1n) is 8.18. The number of carbonyl (C=O) groups excluding carboxylic acids is 1. The lowest BCUT2D eigenvalue weighted by Crippen LogP contribution is -2.30. The number of sulfonamides is 1. The van der Waals surface area contributed by atoms with Crippen LogP contribution in [-0.4, -0.2) is 37.9 Å². The number of carbonyl (C=O) groups is 1. The number of hydrogen-bond donors (Lipinski definition) is 1. The maximum absolute atomic E-state index is 13.6. The molecule has 0 unspecified atom stereocenters. The molecule has 27 heavy (non-hydrogen) atoms. The van der Waals surface area contributed by atoms with Gasteiger partial charge in [-0.25, -0.2) is 18.2 Å². The van der Waals surface area contributed by atoms with Gasteiger partial charge in [-0.3, -0.25) is 4.79 Å². The fourth-order valence-electron chi connectivity index (χ4n) is 2.35. The number of amides is 1. The fraction of sp³-hybridized carbons (Fsp3) is 0.222. The van der Waals surface area contributed by atoms with E-state index in [0.29, 0.717) is 17.6 Å². The van der Waals surface area contributed by atoms with E-state index >= 15 is 0 Å². The first-order valence-corrected chi connectivity index (χ1v) is 10.4. The Hall–Kier alpha value is -2.10. The highest BCUT2D eigenvalue weighted by atomic mass is 79.9. The van der Waals surface area contributed by atoms with Crippen molar-refractivity contribution in [2.45, 2.75) is 18.7 Å². The second-order valence-electron chi connectivity index (χ2n) is 5.48. The van der Waals surface area contributed by atoms with E-state index in [9.17, 15) is 17.6 Å². The third-order valence-corrected chi connectivity index (χ3v) is 6.31. The van der Waals surface area contributed by atoms with Crippen molar-refractivity contribution in [2.75, 3.05) is 13.1 Å². The van der Waals surface area contributed by atoms with Crippen LogP contribution in [-0.2, 0) is 10.0 Å². The fourth-order valence-corrected chi connectivity index (χ4v) is 4.23. The van der Waals surface area contributed by atoms with Gasteiger partial charge < -0.3 is 0 Å². The number of halogens is 2. The first-order chi connectivity index (χ1) is 12.8. The van der Waals surface area contributed by atoms with Gasteiger partial charge in [0.2, 0.25) is 10.0 Å². The number of hydrogen-bond acceptors (Lipinski definition) is 4. The molecular weight excluding hydrogens is 437 g/mol. The summed E-state index contributed by atoms with van der Waals surface area (Å²) in [6.07, 6.45) is 1.18. The first kappa shape index (κ1) is 21.2. The molecule has 0 saturated heterocycles.